The number of benzene rings is 2. The first-order chi connectivity index (χ1) is 15.6. The van der Waals surface area contributed by atoms with E-state index in [1.807, 2.05) is 32.0 Å². The van der Waals surface area contributed by atoms with Crippen molar-refractivity contribution in [2.75, 3.05) is 11.9 Å². The van der Waals surface area contributed by atoms with E-state index in [0.29, 0.717) is 24.4 Å². The zero-order valence-corrected chi connectivity index (χ0v) is 18.2. The molecule has 1 N–H and O–H groups in total. The molecule has 0 radical (unpaired) electrons. The van der Waals surface area contributed by atoms with Crippen molar-refractivity contribution in [2.45, 2.75) is 33.0 Å². The second kappa shape index (κ2) is 8.77. The number of hydrogen-bond donors (Lipinski definition) is 1. The summed E-state index contributed by atoms with van der Waals surface area (Å²) < 4.78 is 45.0. The van der Waals surface area contributed by atoms with E-state index < -0.39 is 17.6 Å². The van der Waals surface area contributed by atoms with E-state index in [1.54, 1.807) is 12.1 Å². The van der Waals surface area contributed by atoms with Crippen molar-refractivity contribution in [3.8, 4) is 11.3 Å². The molecule has 0 bridgehead atoms. The summed E-state index contributed by atoms with van der Waals surface area (Å²) in [6.45, 7) is 4.25. The number of fused-ring (bicyclic) bond motifs is 1. The molecule has 1 aliphatic rings. The summed E-state index contributed by atoms with van der Waals surface area (Å²) in [6, 6.07) is 13.6. The number of carbonyl (C=O) groups excluding carboxylic acids is 2. The lowest BCUT2D eigenvalue weighted by atomic mass is 10.0. The number of carbonyl (C=O) groups is 2. The van der Waals surface area contributed by atoms with E-state index in [0.717, 1.165) is 29.0 Å². The van der Waals surface area contributed by atoms with Gasteiger partial charge in [0.2, 0.25) is 5.91 Å². The molecule has 8 heteroatoms. The molecule has 172 valence electrons. The SMILES string of the molecule is CC(C)C(=O)Nc1ccc(-c2cc3c(o2)CCN(C(=O)c2cccc(C(F)(F)F)c2)C3)cc1. The zero-order chi connectivity index (χ0) is 23.8. The number of alkyl halides is 3. The molecule has 1 aromatic heterocycles. The summed E-state index contributed by atoms with van der Waals surface area (Å²) in [7, 11) is 0. The third-order valence-electron chi connectivity index (χ3n) is 5.55. The maximum absolute atomic E-state index is 13.0. The predicted octanol–water partition coefficient (Wildman–Crippen LogP) is 5.76. The van der Waals surface area contributed by atoms with E-state index in [2.05, 4.69) is 5.32 Å². The summed E-state index contributed by atoms with van der Waals surface area (Å²) in [5.74, 6) is 0.759. The van der Waals surface area contributed by atoms with Gasteiger partial charge in [0, 0.05) is 47.8 Å². The lowest BCUT2D eigenvalue weighted by Gasteiger charge is -2.26. The average molecular weight is 456 g/mol. The van der Waals surface area contributed by atoms with Crippen LogP contribution in [0.4, 0.5) is 18.9 Å². The molecule has 0 atom stereocenters. The molecule has 1 aliphatic heterocycles. The smallest absolute Gasteiger partial charge is 0.416 e. The van der Waals surface area contributed by atoms with Crippen molar-refractivity contribution < 1.29 is 27.2 Å². The van der Waals surface area contributed by atoms with Crippen molar-refractivity contribution in [3.05, 3.63) is 77.0 Å². The predicted molar refractivity (Wildman–Crippen MR) is 118 cm³/mol. The van der Waals surface area contributed by atoms with Crippen molar-refractivity contribution in [3.63, 3.8) is 0 Å². The Morgan fingerprint density at radius 3 is 2.45 bits per heavy atom. The Bertz CT molecular complexity index is 1180. The van der Waals surface area contributed by atoms with Gasteiger partial charge in [-0.15, -0.1) is 0 Å². The molecule has 2 amide bonds. The number of hydrogen-bond acceptors (Lipinski definition) is 3. The fraction of sp³-hybridized carbons (Fsp3) is 0.280. The van der Waals surface area contributed by atoms with E-state index in [-0.39, 0.29) is 23.9 Å². The molecule has 0 spiro atoms. The van der Waals surface area contributed by atoms with E-state index >= 15 is 0 Å². The van der Waals surface area contributed by atoms with Gasteiger partial charge in [-0.3, -0.25) is 9.59 Å². The van der Waals surface area contributed by atoms with Crippen molar-refractivity contribution in [1.29, 1.82) is 0 Å². The van der Waals surface area contributed by atoms with Gasteiger partial charge in [0.1, 0.15) is 11.5 Å². The number of nitrogens with zero attached hydrogens (tertiary/aromatic N) is 1. The summed E-state index contributed by atoms with van der Waals surface area (Å²) in [5, 5.41) is 2.83. The van der Waals surface area contributed by atoms with Crippen LogP contribution in [-0.4, -0.2) is 23.3 Å². The van der Waals surface area contributed by atoms with Crippen molar-refractivity contribution in [1.82, 2.24) is 4.90 Å². The Balaban J connectivity index is 1.48. The summed E-state index contributed by atoms with van der Waals surface area (Å²) in [5.41, 5.74) is 1.50. The Morgan fingerprint density at radius 2 is 1.79 bits per heavy atom. The lowest BCUT2D eigenvalue weighted by Crippen LogP contribution is -2.35. The number of rotatable bonds is 4. The molecular weight excluding hydrogens is 433 g/mol. The van der Waals surface area contributed by atoms with Crippen LogP contribution < -0.4 is 5.32 Å². The summed E-state index contributed by atoms with van der Waals surface area (Å²) in [6.07, 6.45) is -4.03. The number of amides is 2. The van der Waals surface area contributed by atoms with Crippen LogP contribution in [0.25, 0.3) is 11.3 Å². The largest absolute Gasteiger partial charge is 0.461 e. The van der Waals surface area contributed by atoms with Crippen molar-refractivity contribution >= 4 is 17.5 Å². The first-order valence-corrected chi connectivity index (χ1v) is 10.6. The van der Waals surface area contributed by atoms with Gasteiger partial charge >= 0.3 is 6.18 Å². The maximum atomic E-state index is 13.0. The molecule has 0 saturated carbocycles. The number of anilines is 1. The van der Waals surface area contributed by atoms with Crippen LogP contribution in [0.5, 0.6) is 0 Å². The highest BCUT2D eigenvalue weighted by Gasteiger charge is 2.32. The van der Waals surface area contributed by atoms with Crippen molar-refractivity contribution in [2.24, 2.45) is 5.92 Å². The van der Waals surface area contributed by atoms with E-state index in [1.165, 1.54) is 17.0 Å². The second-order valence-electron chi connectivity index (χ2n) is 8.34. The normalized spacial score (nSPS) is 13.7. The number of halogens is 3. The highest BCUT2D eigenvalue weighted by atomic mass is 19.4. The summed E-state index contributed by atoms with van der Waals surface area (Å²) >= 11 is 0. The molecule has 0 fully saturated rings. The van der Waals surface area contributed by atoms with Crippen LogP contribution >= 0.6 is 0 Å². The van der Waals surface area contributed by atoms with Crippen LogP contribution in [-0.2, 0) is 23.9 Å². The van der Waals surface area contributed by atoms with Crippen LogP contribution in [0.2, 0.25) is 0 Å². The molecular formula is C25H23F3N2O3. The van der Waals surface area contributed by atoms with Crippen LogP contribution in [0.15, 0.2) is 59.0 Å². The fourth-order valence-corrected chi connectivity index (χ4v) is 3.66. The van der Waals surface area contributed by atoms with E-state index in [9.17, 15) is 22.8 Å². The monoisotopic (exact) mass is 456 g/mol. The second-order valence-corrected chi connectivity index (χ2v) is 8.34. The summed E-state index contributed by atoms with van der Waals surface area (Å²) in [4.78, 5) is 26.2. The lowest BCUT2D eigenvalue weighted by molar-refractivity contribution is -0.137. The Kier molecular flexibility index (Phi) is 6.01. The fourth-order valence-electron chi connectivity index (χ4n) is 3.66. The first-order valence-electron chi connectivity index (χ1n) is 10.6. The van der Waals surface area contributed by atoms with Gasteiger partial charge in [-0.1, -0.05) is 19.9 Å². The van der Waals surface area contributed by atoms with Crippen LogP contribution in [0.1, 0.15) is 41.1 Å². The van der Waals surface area contributed by atoms with Gasteiger partial charge < -0.3 is 14.6 Å². The Hall–Kier alpha value is -3.55. The zero-order valence-electron chi connectivity index (χ0n) is 18.2. The standard InChI is InChI=1S/C25H23F3N2O3/c1-15(2)23(31)29-20-8-6-16(7-9-20)22-13-18-14-30(11-10-21(18)33-22)24(32)17-4-3-5-19(12-17)25(26,27)28/h3-9,12-13,15H,10-11,14H2,1-2H3,(H,29,31). The van der Waals surface area contributed by atoms with Gasteiger partial charge in [0.15, 0.2) is 0 Å². The third kappa shape index (κ3) is 4.94. The van der Waals surface area contributed by atoms with E-state index in [4.69, 9.17) is 4.42 Å². The topological polar surface area (TPSA) is 62.6 Å². The van der Waals surface area contributed by atoms with Gasteiger partial charge in [-0.05, 0) is 48.5 Å². The molecule has 0 unspecified atom stereocenters. The molecule has 33 heavy (non-hydrogen) atoms. The third-order valence-corrected chi connectivity index (χ3v) is 5.55. The van der Waals surface area contributed by atoms with Gasteiger partial charge in [-0.25, -0.2) is 0 Å². The number of nitrogens with one attached hydrogen (secondary N) is 1. The highest BCUT2D eigenvalue weighted by molar-refractivity contribution is 5.94. The van der Waals surface area contributed by atoms with Crippen LogP contribution in [0.3, 0.4) is 0 Å². The minimum atomic E-state index is -4.50. The molecule has 2 heterocycles. The average Bonchev–Trinajstić information content (AvgIpc) is 3.22. The maximum Gasteiger partial charge on any atom is 0.416 e. The molecule has 4 rings (SSSR count). The van der Waals surface area contributed by atoms with Gasteiger partial charge in [-0.2, -0.15) is 13.2 Å². The molecule has 3 aromatic rings. The molecule has 0 aliphatic carbocycles. The molecule has 0 saturated heterocycles. The minimum absolute atomic E-state index is 0.0102. The highest BCUT2D eigenvalue weighted by Crippen LogP contribution is 2.32. The van der Waals surface area contributed by atoms with Crippen LogP contribution in [0, 0.1) is 5.92 Å². The first kappa shape index (κ1) is 22.6. The van der Waals surface area contributed by atoms with Gasteiger partial charge in [0.05, 0.1) is 5.56 Å². The minimum Gasteiger partial charge on any atom is -0.461 e. The quantitative estimate of drug-likeness (QED) is 0.543. The Morgan fingerprint density at radius 1 is 1.06 bits per heavy atom. The van der Waals surface area contributed by atoms with Gasteiger partial charge in [0.25, 0.3) is 5.91 Å². The molecule has 2 aromatic carbocycles. The molecule has 5 nitrogen and oxygen atoms in total. The Labute approximate surface area is 189 Å². The number of furan rings is 1.